The molecule has 1 N–H and O–H groups in total. The molecule has 6 unspecified atom stereocenters. The van der Waals surface area contributed by atoms with Gasteiger partial charge in [0.1, 0.15) is 0 Å². The van der Waals surface area contributed by atoms with Crippen molar-refractivity contribution in [3.8, 4) is 0 Å². The highest BCUT2D eigenvalue weighted by atomic mass is 16.3. The van der Waals surface area contributed by atoms with Crippen LogP contribution in [0.1, 0.15) is 64.4 Å². The van der Waals surface area contributed by atoms with E-state index in [4.69, 9.17) is 0 Å². The molecule has 3 heterocycles. The number of aliphatic hydroxyl groups excluding tert-OH is 1. The Kier molecular flexibility index (Phi) is 4.20. The Morgan fingerprint density at radius 2 is 2.04 bits per heavy atom. The normalized spacial score (nSPS) is 42.9. The van der Waals surface area contributed by atoms with Crippen LogP contribution >= 0.6 is 0 Å². The predicted molar refractivity (Wildman–Crippen MR) is 109 cm³/mol. The number of carbonyl (C=O) groups excluding carboxylic acids is 1. The van der Waals surface area contributed by atoms with Crippen molar-refractivity contribution in [2.24, 2.45) is 23.2 Å². The van der Waals surface area contributed by atoms with E-state index < -0.39 is 6.10 Å². The van der Waals surface area contributed by atoms with E-state index in [0.29, 0.717) is 24.2 Å². The highest BCUT2D eigenvalue weighted by Crippen LogP contribution is 2.63. The third-order valence-corrected chi connectivity index (χ3v) is 8.79. The van der Waals surface area contributed by atoms with Crippen molar-refractivity contribution < 1.29 is 9.90 Å². The lowest BCUT2D eigenvalue weighted by Gasteiger charge is -2.59. The summed E-state index contributed by atoms with van der Waals surface area (Å²) in [5.74, 6) is 2.03. The second-order valence-electron chi connectivity index (χ2n) is 10.0. The van der Waals surface area contributed by atoms with Crippen LogP contribution < -0.4 is 0 Å². The topological polar surface area (TPSA) is 53.4 Å². The Morgan fingerprint density at radius 3 is 2.82 bits per heavy atom. The van der Waals surface area contributed by atoms with E-state index in [1.807, 2.05) is 18.5 Å². The van der Waals surface area contributed by atoms with Gasteiger partial charge in [-0.15, -0.1) is 0 Å². The molecular weight excluding hydrogens is 348 g/mol. The maximum Gasteiger partial charge on any atom is 0.225 e. The molecule has 0 aromatic carbocycles. The Bertz CT molecular complexity index is 806. The highest BCUT2D eigenvalue weighted by molar-refractivity contribution is 5.78. The van der Waals surface area contributed by atoms with Gasteiger partial charge < -0.3 is 10.0 Å². The molecule has 2 saturated heterocycles. The molecule has 0 radical (unpaired) electrons. The minimum atomic E-state index is -0.465. The average Bonchev–Trinajstić information content (AvgIpc) is 2.99. The number of pyridine rings is 1. The number of piperidine rings is 1. The van der Waals surface area contributed by atoms with Crippen LogP contribution in [0.4, 0.5) is 0 Å². The van der Waals surface area contributed by atoms with Gasteiger partial charge in [-0.25, -0.2) is 0 Å². The number of amides is 1. The van der Waals surface area contributed by atoms with E-state index in [2.05, 4.69) is 35.9 Å². The lowest BCUT2D eigenvalue weighted by Crippen LogP contribution is -2.62. The van der Waals surface area contributed by atoms with Crippen LogP contribution in [0.15, 0.2) is 30.6 Å². The first-order valence-electron chi connectivity index (χ1n) is 11.0. The number of rotatable bonds is 1. The van der Waals surface area contributed by atoms with Gasteiger partial charge >= 0.3 is 0 Å². The molecule has 4 aliphatic rings. The molecule has 150 valence electrons. The fraction of sp³-hybridized carbons (Fsp3) is 0.667. The van der Waals surface area contributed by atoms with E-state index in [1.165, 1.54) is 24.0 Å². The van der Waals surface area contributed by atoms with Gasteiger partial charge in [0, 0.05) is 24.5 Å². The van der Waals surface area contributed by atoms with Gasteiger partial charge in [0.25, 0.3) is 0 Å². The van der Waals surface area contributed by atoms with Gasteiger partial charge in [-0.2, -0.15) is 0 Å². The summed E-state index contributed by atoms with van der Waals surface area (Å²) in [6.07, 6.45) is 12.5. The quantitative estimate of drug-likeness (QED) is 0.800. The Morgan fingerprint density at radius 1 is 1.18 bits per heavy atom. The molecule has 1 amide bonds. The smallest absolute Gasteiger partial charge is 0.225 e. The summed E-state index contributed by atoms with van der Waals surface area (Å²) in [6.45, 7) is 5.64. The number of aliphatic hydroxyl groups is 1. The summed E-state index contributed by atoms with van der Waals surface area (Å²) >= 11 is 0. The molecule has 28 heavy (non-hydrogen) atoms. The summed E-state index contributed by atoms with van der Waals surface area (Å²) in [5, 5.41) is 10.2. The zero-order valence-corrected chi connectivity index (χ0v) is 17.1. The van der Waals surface area contributed by atoms with Crippen LogP contribution in [0, 0.1) is 23.2 Å². The van der Waals surface area contributed by atoms with Crippen molar-refractivity contribution in [1.29, 1.82) is 0 Å². The standard InChI is InChI=1S/C24H32N2O2/c1-23-10-8-21-18(20(23)6-5-19(23)16-4-3-12-25-15-16)9-13-26-22(28)14-17(27)7-11-24(21,26)2/h3-5,12,15,17-18,20-21,27H,6-11,13-14H2,1-2H3. The third-order valence-electron chi connectivity index (χ3n) is 8.79. The zero-order chi connectivity index (χ0) is 19.5. The number of nitrogens with zero attached hydrogens (tertiary/aromatic N) is 2. The van der Waals surface area contributed by atoms with Crippen molar-refractivity contribution >= 4 is 11.5 Å². The van der Waals surface area contributed by atoms with E-state index in [0.717, 1.165) is 32.2 Å². The van der Waals surface area contributed by atoms with E-state index >= 15 is 0 Å². The van der Waals surface area contributed by atoms with Gasteiger partial charge in [0.05, 0.1) is 12.5 Å². The Balaban J connectivity index is 1.46. The first-order chi connectivity index (χ1) is 13.4. The van der Waals surface area contributed by atoms with Gasteiger partial charge in [0.15, 0.2) is 0 Å². The van der Waals surface area contributed by atoms with Crippen LogP contribution in [-0.4, -0.2) is 39.1 Å². The number of aromatic nitrogens is 1. The van der Waals surface area contributed by atoms with E-state index in [-0.39, 0.29) is 16.9 Å². The molecule has 0 bridgehead atoms. The third kappa shape index (κ3) is 2.53. The van der Waals surface area contributed by atoms with Crippen molar-refractivity contribution in [2.45, 2.75) is 70.4 Å². The summed E-state index contributed by atoms with van der Waals surface area (Å²) in [6, 6.07) is 4.24. The number of hydrogen-bond acceptors (Lipinski definition) is 3. The van der Waals surface area contributed by atoms with Crippen LogP contribution in [0.2, 0.25) is 0 Å². The number of hydrogen-bond donors (Lipinski definition) is 1. The minimum Gasteiger partial charge on any atom is -0.393 e. The van der Waals surface area contributed by atoms with Gasteiger partial charge in [0.2, 0.25) is 5.91 Å². The maximum absolute atomic E-state index is 12.8. The molecule has 6 atom stereocenters. The SMILES string of the molecule is CC12CCC3C(CCN4C(=O)CC(O)CCC34C)C1CC=C2c1cccnc1. The number of carbonyl (C=O) groups is 1. The molecule has 1 aromatic heterocycles. The molecule has 1 aromatic rings. The van der Waals surface area contributed by atoms with Gasteiger partial charge in [-0.05, 0) is 85.8 Å². The summed E-state index contributed by atoms with van der Waals surface area (Å²) in [7, 11) is 0. The lowest BCUT2D eigenvalue weighted by atomic mass is 9.52. The molecule has 4 heteroatoms. The maximum atomic E-state index is 12.8. The van der Waals surface area contributed by atoms with Crippen LogP contribution in [0.3, 0.4) is 0 Å². The fourth-order valence-electron chi connectivity index (χ4n) is 7.34. The summed E-state index contributed by atoms with van der Waals surface area (Å²) in [5.41, 5.74) is 2.90. The molecule has 0 spiro atoms. The number of allylic oxidation sites excluding steroid dienone is 2. The second kappa shape index (κ2) is 6.41. The van der Waals surface area contributed by atoms with Crippen LogP contribution in [0.5, 0.6) is 0 Å². The van der Waals surface area contributed by atoms with Gasteiger partial charge in [-0.3, -0.25) is 9.78 Å². The molecule has 4 nitrogen and oxygen atoms in total. The monoisotopic (exact) mass is 380 g/mol. The Labute approximate surface area is 168 Å². The molecule has 1 saturated carbocycles. The Hall–Kier alpha value is -1.68. The zero-order valence-electron chi connectivity index (χ0n) is 17.1. The minimum absolute atomic E-state index is 0.0874. The molecular formula is C24H32N2O2. The molecule has 2 aliphatic carbocycles. The van der Waals surface area contributed by atoms with Crippen LogP contribution in [-0.2, 0) is 4.79 Å². The lowest BCUT2D eigenvalue weighted by molar-refractivity contribution is -0.150. The largest absolute Gasteiger partial charge is 0.393 e. The van der Waals surface area contributed by atoms with Crippen LogP contribution in [0.25, 0.3) is 5.57 Å². The first kappa shape index (κ1) is 18.4. The van der Waals surface area contributed by atoms with E-state index in [9.17, 15) is 9.90 Å². The summed E-state index contributed by atoms with van der Waals surface area (Å²) in [4.78, 5) is 19.3. The summed E-state index contributed by atoms with van der Waals surface area (Å²) < 4.78 is 0. The first-order valence-corrected chi connectivity index (χ1v) is 11.0. The predicted octanol–water partition coefficient (Wildman–Crippen LogP) is 4.05. The van der Waals surface area contributed by atoms with Crippen molar-refractivity contribution in [1.82, 2.24) is 9.88 Å². The average molecular weight is 381 g/mol. The second-order valence-corrected chi connectivity index (χ2v) is 10.0. The van der Waals surface area contributed by atoms with Crippen molar-refractivity contribution in [3.63, 3.8) is 0 Å². The molecule has 5 rings (SSSR count). The number of fused-ring (bicyclic) bond motifs is 5. The fourth-order valence-corrected chi connectivity index (χ4v) is 7.34. The van der Waals surface area contributed by atoms with Crippen molar-refractivity contribution in [2.75, 3.05) is 6.54 Å². The van der Waals surface area contributed by atoms with Gasteiger partial charge in [-0.1, -0.05) is 19.1 Å². The molecule has 2 aliphatic heterocycles. The molecule has 3 fully saturated rings. The highest BCUT2D eigenvalue weighted by Gasteiger charge is 2.58. The van der Waals surface area contributed by atoms with E-state index in [1.54, 1.807) is 0 Å². The van der Waals surface area contributed by atoms with Crippen molar-refractivity contribution in [3.05, 3.63) is 36.2 Å².